The fourth-order valence-electron chi connectivity index (χ4n) is 2.93. The summed E-state index contributed by atoms with van der Waals surface area (Å²) >= 11 is 0. The van der Waals surface area contributed by atoms with E-state index in [-0.39, 0.29) is 10.8 Å². The molecule has 5 N–H and O–H groups in total. The zero-order valence-electron chi connectivity index (χ0n) is 18.5. The Hall–Kier alpha value is -2.81. The van der Waals surface area contributed by atoms with Gasteiger partial charge in [-0.05, 0) is 43.7 Å². The predicted octanol–water partition coefficient (Wildman–Crippen LogP) is -3.56. The Balaban J connectivity index is 0.000000981. The monoisotopic (exact) mass is 503 g/mol. The lowest BCUT2D eigenvalue weighted by atomic mass is 10.1. The van der Waals surface area contributed by atoms with Gasteiger partial charge in [0, 0.05) is 31.2 Å². The maximum absolute atomic E-state index is 12.3. The van der Waals surface area contributed by atoms with Gasteiger partial charge in [0.15, 0.2) is 17.9 Å². The second-order valence-corrected chi connectivity index (χ2v) is 9.38. The summed E-state index contributed by atoms with van der Waals surface area (Å²) < 4.78 is 63.1. The van der Waals surface area contributed by atoms with E-state index >= 15 is 0 Å². The van der Waals surface area contributed by atoms with Crippen LogP contribution in [0, 0.1) is 37.9 Å². The minimum absolute atomic E-state index is 0.0594. The van der Waals surface area contributed by atoms with Gasteiger partial charge in [0.1, 0.15) is 0 Å². The van der Waals surface area contributed by atoms with Gasteiger partial charge in [-0.25, -0.2) is 18.6 Å². The van der Waals surface area contributed by atoms with Crippen LogP contribution in [0.25, 0.3) is 0 Å². The number of rotatable bonds is 6. The number of halogens is 1. The lowest BCUT2D eigenvalue weighted by molar-refractivity contribution is -2.00. The molecule has 0 aliphatic rings. The number of aryl methyl sites for hydroxylation is 2. The number of hydrogen-bond acceptors (Lipinski definition) is 7. The molecule has 0 aliphatic heterocycles. The summed E-state index contributed by atoms with van der Waals surface area (Å²) in [6, 6.07) is 7.77. The van der Waals surface area contributed by atoms with Crippen LogP contribution in [0.3, 0.4) is 0 Å². The molecule has 0 radical (unpaired) electrons. The van der Waals surface area contributed by atoms with Crippen molar-refractivity contribution in [2.45, 2.75) is 45.6 Å². The second-order valence-electron chi connectivity index (χ2n) is 7.02. The number of hydrogen-bond donors (Lipinski definition) is 3. The van der Waals surface area contributed by atoms with Crippen molar-refractivity contribution in [1.29, 1.82) is 0 Å². The van der Waals surface area contributed by atoms with Crippen LogP contribution in [0.5, 0.6) is 0 Å². The van der Waals surface area contributed by atoms with Crippen molar-refractivity contribution in [2.75, 3.05) is 5.32 Å². The molecule has 14 heteroatoms. The molecule has 1 amide bonds. The molecular formula is C19H26ClN5O7S. The van der Waals surface area contributed by atoms with E-state index in [0.717, 1.165) is 11.4 Å². The molecule has 0 saturated carbocycles. The number of nitrogens with two attached hydrogens (primary N) is 2. The second kappa shape index (κ2) is 11.4. The fraction of sp³-hybridized carbons (Fsp3) is 0.316. The molecule has 33 heavy (non-hydrogen) atoms. The van der Waals surface area contributed by atoms with E-state index in [9.17, 15) is 13.2 Å². The smallest absolute Gasteiger partial charge is 0.285 e. The molecule has 0 unspecified atom stereocenters. The van der Waals surface area contributed by atoms with Gasteiger partial charge in [0.2, 0.25) is 11.9 Å². The van der Waals surface area contributed by atoms with Crippen LogP contribution in [-0.4, -0.2) is 20.3 Å². The fourth-order valence-corrected chi connectivity index (χ4v) is 3.80. The Morgan fingerprint density at radius 2 is 1.58 bits per heavy atom. The quantitative estimate of drug-likeness (QED) is 0.201. The van der Waals surface area contributed by atoms with Gasteiger partial charge >= 0.3 is 0 Å². The van der Waals surface area contributed by atoms with Crippen molar-refractivity contribution in [3.05, 3.63) is 52.8 Å². The zero-order valence-corrected chi connectivity index (χ0v) is 20.1. The molecule has 1 aromatic carbocycles. The molecule has 12 nitrogen and oxygen atoms in total. The zero-order chi connectivity index (χ0) is 25.6. The van der Waals surface area contributed by atoms with Gasteiger partial charge in [-0.3, -0.25) is 4.79 Å². The summed E-state index contributed by atoms with van der Waals surface area (Å²) in [6.07, 6.45) is 0.295. The molecule has 2 aromatic rings. The lowest BCUT2D eigenvalue weighted by Gasteiger charge is -2.17. The Morgan fingerprint density at radius 1 is 1.06 bits per heavy atom. The van der Waals surface area contributed by atoms with E-state index in [1.807, 2.05) is 13.8 Å². The van der Waals surface area contributed by atoms with E-state index in [1.165, 1.54) is 35.4 Å². The number of guanidine groups is 1. The Morgan fingerprint density at radius 3 is 2.06 bits per heavy atom. The number of amides is 1. The van der Waals surface area contributed by atoms with Gasteiger partial charge in [-0.15, -0.1) is 14.6 Å². The van der Waals surface area contributed by atoms with E-state index in [4.69, 9.17) is 30.1 Å². The SMILES string of the molecule is Cc1cc(C)[n+](CCC(=O)Nc2ccc(S(=O)(=O)N=C(N)N)cc2)c(C)c1C.[O-][Cl+3]([O-])([O-])[O-]. The van der Waals surface area contributed by atoms with Crippen LogP contribution in [0.15, 0.2) is 39.6 Å². The normalized spacial score (nSPS) is 11.3. The molecule has 0 bridgehead atoms. The third kappa shape index (κ3) is 9.69. The molecule has 1 aromatic heterocycles. The third-order valence-corrected chi connectivity index (χ3v) is 5.93. The summed E-state index contributed by atoms with van der Waals surface area (Å²) in [5.41, 5.74) is 15.4. The molecule has 0 fully saturated rings. The van der Waals surface area contributed by atoms with Gasteiger partial charge in [0.05, 0.1) is 11.3 Å². The summed E-state index contributed by atoms with van der Waals surface area (Å²) in [5.74, 6) is -0.698. The van der Waals surface area contributed by atoms with Crippen LogP contribution < -0.4 is 40.0 Å². The Kier molecular flexibility index (Phi) is 9.71. The molecule has 0 aliphatic carbocycles. The van der Waals surface area contributed by atoms with Crippen LogP contribution in [0.1, 0.15) is 28.9 Å². The summed E-state index contributed by atoms with van der Waals surface area (Å²) in [5, 5.41) is 2.76. The first-order valence-electron chi connectivity index (χ1n) is 9.36. The highest BCUT2D eigenvalue weighted by molar-refractivity contribution is 7.90. The molecule has 1 heterocycles. The molecule has 182 valence electrons. The average Bonchev–Trinajstić information content (AvgIpc) is 2.64. The van der Waals surface area contributed by atoms with Crippen molar-refractivity contribution in [3.8, 4) is 0 Å². The van der Waals surface area contributed by atoms with Gasteiger partial charge in [-0.1, -0.05) is 0 Å². The molecule has 0 atom stereocenters. The maximum atomic E-state index is 12.3. The highest BCUT2D eigenvalue weighted by Crippen LogP contribution is 2.16. The van der Waals surface area contributed by atoms with E-state index in [0.29, 0.717) is 18.7 Å². The minimum Gasteiger partial charge on any atom is -0.369 e. The molecule has 2 rings (SSSR count). The van der Waals surface area contributed by atoms with Crippen molar-refractivity contribution >= 4 is 27.6 Å². The van der Waals surface area contributed by atoms with Crippen molar-refractivity contribution in [1.82, 2.24) is 0 Å². The maximum Gasteiger partial charge on any atom is 0.285 e. The number of pyridine rings is 1. The summed E-state index contributed by atoms with van der Waals surface area (Å²) in [6.45, 7) is 8.76. The summed E-state index contributed by atoms with van der Waals surface area (Å²) in [7, 11) is -8.89. The number of aromatic nitrogens is 1. The first-order valence-corrected chi connectivity index (χ1v) is 12.0. The van der Waals surface area contributed by atoms with Crippen molar-refractivity contribution in [3.63, 3.8) is 0 Å². The van der Waals surface area contributed by atoms with Crippen LogP contribution in [-0.2, 0) is 21.4 Å². The Labute approximate surface area is 194 Å². The number of carbonyl (C=O) groups excluding carboxylic acids is 1. The number of benzene rings is 1. The van der Waals surface area contributed by atoms with Crippen molar-refractivity contribution in [2.24, 2.45) is 15.9 Å². The molecular weight excluding hydrogens is 478 g/mol. The number of nitrogens with one attached hydrogen (secondary N) is 1. The first kappa shape index (κ1) is 28.2. The van der Waals surface area contributed by atoms with E-state index < -0.39 is 26.2 Å². The van der Waals surface area contributed by atoms with Crippen LogP contribution in [0.4, 0.5) is 5.69 Å². The minimum atomic E-state index is -4.94. The number of sulfonamides is 1. The lowest BCUT2D eigenvalue weighted by Crippen LogP contribution is -2.68. The topological polar surface area (TPSA) is 224 Å². The van der Waals surface area contributed by atoms with E-state index in [2.05, 4.69) is 34.2 Å². The first-order chi connectivity index (χ1) is 15.0. The number of anilines is 1. The standard InChI is InChI=1S/C19H25N5O3S.ClHO4/c1-12-11-13(2)24(15(4)14(12)3)10-9-18(25)22-16-5-7-17(8-6-16)28(26,27)23-19(20)21;2-1(3,4)5/h5-8,11H,9-10H2,1-4H3,(H4-,20,21,22,23,25);(H,2,3,4,5). The molecule has 0 saturated heterocycles. The highest BCUT2D eigenvalue weighted by atomic mass is 35.7. The largest absolute Gasteiger partial charge is 0.369 e. The van der Waals surface area contributed by atoms with E-state index in [1.54, 1.807) is 0 Å². The number of carbonyl (C=O) groups is 1. The molecule has 0 spiro atoms. The van der Waals surface area contributed by atoms with Crippen LogP contribution >= 0.6 is 0 Å². The van der Waals surface area contributed by atoms with Crippen LogP contribution in [0.2, 0.25) is 0 Å². The van der Waals surface area contributed by atoms with Gasteiger partial charge in [-0.2, -0.15) is 13.0 Å². The van der Waals surface area contributed by atoms with Crippen molar-refractivity contribution < 1.29 is 46.7 Å². The Bertz CT molecular complexity index is 1120. The number of nitrogens with zero attached hydrogens (tertiary/aromatic N) is 2. The van der Waals surface area contributed by atoms with Gasteiger partial charge in [0.25, 0.3) is 10.0 Å². The average molecular weight is 504 g/mol. The predicted molar refractivity (Wildman–Crippen MR) is 108 cm³/mol. The van der Waals surface area contributed by atoms with Gasteiger partial charge < -0.3 is 16.8 Å². The summed E-state index contributed by atoms with van der Waals surface area (Å²) in [4.78, 5) is 12.2. The highest BCUT2D eigenvalue weighted by Gasteiger charge is 2.17. The third-order valence-electron chi connectivity index (χ3n) is 4.61.